The normalized spacial score (nSPS) is 16.2. The van der Waals surface area contributed by atoms with Gasteiger partial charge in [0.15, 0.2) is 11.7 Å². The van der Waals surface area contributed by atoms with Gasteiger partial charge in [0, 0.05) is 30.2 Å². The number of hydrogen-bond donors (Lipinski definition) is 1. The Labute approximate surface area is 128 Å². The summed E-state index contributed by atoms with van der Waals surface area (Å²) >= 11 is 1.95. The van der Waals surface area contributed by atoms with Crippen molar-refractivity contribution >= 4 is 17.7 Å². The zero-order valence-electron chi connectivity index (χ0n) is 11.7. The Morgan fingerprint density at radius 1 is 1.29 bits per heavy atom. The van der Waals surface area contributed by atoms with E-state index in [9.17, 15) is 0 Å². The number of nitrogens with two attached hydrogens (primary N) is 1. The van der Waals surface area contributed by atoms with Crippen LogP contribution in [0.5, 0.6) is 0 Å². The number of rotatable bonds is 3. The van der Waals surface area contributed by atoms with Crippen LogP contribution in [0.1, 0.15) is 5.89 Å². The number of oxazole rings is 1. The second-order valence-corrected chi connectivity index (χ2v) is 5.98. The van der Waals surface area contributed by atoms with Crippen LogP contribution < -0.4 is 5.73 Å². The molecule has 6 heteroatoms. The lowest BCUT2D eigenvalue weighted by Gasteiger charge is -2.27. The summed E-state index contributed by atoms with van der Waals surface area (Å²) in [6.45, 7) is 2.30. The van der Waals surface area contributed by atoms with Crippen molar-refractivity contribution < 1.29 is 4.42 Å². The van der Waals surface area contributed by atoms with Crippen molar-refractivity contribution in [1.82, 2.24) is 9.88 Å². The molecule has 110 valence electrons. The summed E-state index contributed by atoms with van der Waals surface area (Å²) in [5, 5.41) is 0. The molecule has 2 N–H and O–H groups in total. The third-order valence-corrected chi connectivity index (χ3v) is 4.27. The first kappa shape index (κ1) is 14.0. The van der Waals surface area contributed by atoms with Gasteiger partial charge in [-0.15, -0.1) is 0 Å². The maximum atomic E-state index is 6.01. The molecule has 1 saturated heterocycles. The maximum Gasteiger partial charge on any atom is 0.216 e. The summed E-state index contributed by atoms with van der Waals surface area (Å²) in [5.74, 6) is 4.13. The van der Waals surface area contributed by atoms with Crippen molar-refractivity contribution in [3.63, 3.8) is 0 Å². The van der Waals surface area contributed by atoms with Gasteiger partial charge < -0.3 is 15.1 Å². The molecule has 5 nitrogen and oxygen atoms in total. The van der Waals surface area contributed by atoms with Crippen LogP contribution in [0.25, 0.3) is 11.3 Å². The van der Waals surface area contributed by atoms with E-state index in [0.29, 0.717) is 18.4 Å². The molecule has 0 spiro atoms. The summed E-state index contributed by atoms with van der Waals surface area (Å²) in [6, 6.07) is 9.91. The predicted octanol–water partition coefficient (Wildman–Crippen LogP) is 2.21. The first-order valence-corrected chi connectivity index (χ1v) is 8.11. The minimum Gasteiger partial charge on any atom is -0.439 e. The van der Waals surface area contributed by atoms with E-state index >= 15 is 0 Å². The van der Waals surface area contributed by atoms with Crippen molar-refractivity contribution in [2.75, 3.05) is 24.6 Å². The molecule has 1 aromatic carbocycles. The number of nitrogens with zero attached hydrogens (tertiary/aromatic N) is 3. The van der Waals surface area contributed by atoms with Gasteiger partial charge in [-0.1, -0.05) is 30.3 Å². The quantitative estimate of drug-likeness (QED) is 0.695. The van der Waals surface area contributed by atoms with Crippen LogP contribution in [0, 0.1) is 0 Å². The molecule has 0 radical (unpaired) electrons. The zero-order chi connectivity index (χ0) is 14.5. The summed E-state index contributed by atoms with van der Waals surface area (Å²) in [5.41, 5.74) is 7.03. The van der Waals surface area contributed by atoms with E-state index < -0.39 is 0 Å². The van der Waals surface area contributed by atoms with Gasteiger partial charge in [0.25, 0.3) is 0 Å². The van der Waals surface area contributed by atoms with E-state index in [2.05, 4.69) is 14.9 Å². The third kappa shape index (κ3) is 3.58. The average Bonchev–Trinajstić information content (AvgIpc) is 3.03. The Morgan fingerprint density at radius 2 is 2.05 bits per heavy atom. The Kier molecular flexibility index (Phi) is 4.45. The van der Waals surface area contributed by atoms with Crippen LogP contribution in [-0.2, 0) is 6.54 Å². The fourth-order valence-electron chi connectivity index (χ4n) is 2.16. The molecule has 3 rings (SSSR count). The third-order valence-electron chi connectivity index (χ3n) is 3.32. The summed E-state index contributed by atoms with van der Waals surface area (Å²) < 4.78 is 5.71. The number of benzene rings is 1. The van der Waals surface area contributed by atoms with Crippen LogP contribution in [-0.4, -0.2) is 40.4 Å². The molecule has 1 aliphatic heterocycles. The summed E-state index contributed by atoms with van der Waals surface area (Å²) in [6.07, 6.45) is 1.73. The minimum atomic E-state index is 0.377. The van der Waals surface area contributed by atoms with Gasteiger partial charge in [-0.05, 0) is 0 Å². The molecule has 2 aromatic rings. The van der Waals surface area contributed by atoms with E-state index in [1.165, 1.54) is 0 Å². The lowest BCUT2D eigenvalue weighted by atomic mass is 10.2. The molecule has 1 fully saturated rings. The number of guanidine groups is 1. The Bertz CT molecular complexity index is 605. The van der Waals surface area contributed by atoms with Crippen LogP contribution in [0.15, 0.2) is 45.9 Å². The Hall–Kier alpha value is -1.95. The molecule has 0 bridgehead atoms. The van der Waals surface area contributed by atoms with Crippen LogP contribution >= 0.6 is 11.8 Å². The van der Waals surface area contributed by atoms with Gasteiger partial charge in [-0.25, -0.2) is 9.98 Å². The monoisotopic (exact) mass is 302 g/mol. The second kappa shape index (κ2) is 6.67. The highest BCUT2D eigenvalue weighted by atomic mass is 32.2. The van der Waals surface area contributed by atoms with E-state index in [0.717, 1.165) is 35.9 Å². The van der Waals surface area contributed by atoms with Crippen molar-refractivity contribution in [3.05, 3.63) is 42.4 Å². The highest BCUT2D eigenvalue weighted by Gasteiger charge is 2.12. The van der Waals surface area contributed by atoms with E-state index in [4.69, 9.17) is 10.2 Å². The smallest absolute Gasteiger partial charge is 0.216 e. The number of thioether (sulfide) groups is 1. The first-order chi connectivity index (χ1) is 10.3. The van der Waals surface area contributed by atoms with Crippen molar-refractivity contribution in [3.8, 4) is 11.3 Å². The van der Waals surface area contributed by atoms with Gasteiger partial charge in [-0.3, -0.25) is 0 Å². The fraction of sp³-hybridized carbons (Fsp3) is 0.333. The molecule has 21 heavy (non-hydrogen) atoms. The highest BCUT2D eigenvalue weighted by Crippen LogP contribution is 2.20. The molecule has 0 atom stereocenters. The standard InChI is InChI=1S/C15H18N4OS/c16-15(19-6-8-21-9-7-19)18-11-14-17-10-13(20-14)12-4-2-1-3-5-12/h1-5,10H,6-9,11H2,(H2,16,18). The van der Waals surface area contributed by atoms with E-state index in [1.807, 2.05) is 42.1 Å². The fourth-order valence-corrected chi connectivity index (χ4v) is 3.06. The van der Waals surface area contributed by atoms with Gasteiger partial charge in [0.05, 0.1) is 6.20 Å². The maximum absolute atomic E-state index is 6.01. The number of aliphatic imine (C=N–C) groups is 1. The molecule has 0 aliphatic carbocycles. The minimum absolute atomic E-state index is 0.377. The van der Waals surface area contributed by atoms with Crippen molar-refractivity contribution in [2.45, 2.75) is 6.54 Å². The Balaban J connectivity index is 1.64. The van der Waals surface area contributed by atoms with Crippen LogP contribution in [0.3, 0.4) is 0 Å². The number of hydrogen-bond acceptors (Lipinski definition) is 4. The average molecular weight is 302 g/mol. The van der Waals surface area contributed by atoms with Crippen molar-refractivity contribution in [2.24, 2.45) is 10.7 Å². The number of aromatic nitrogens is 1. The lowest BCUT2D eigenvalue weighted by molar-refractivity contribution is 0.451. The Morgan fingerprint density at radius 3 is 2.81 bits per heavy atom. The van der Waals surface area contributed by atoms with Gasteiger partial charge in [-0.2, -0.15) is 11.8 Å². The molecule has 0 unspecified atom stereocenters. The molecule has 2 heterocycles. The predicted molar refractivity (Wildman–Crippen MR) is 86.2 cm³/mol. The summed E-state index contributed by atoms with van der Waals surface area (Å²) in [4.78, 5) is 10.7. The second-order valence-electron chi connectivity index (χ2n) is 4.76. The largest absolute Gasteiger partial charge is 0.439 e. The van der Waals surface area contributed by atoms with Crippen molar-refractivity contribution in [1.29, 1.82) is 0 Å². The topological polar surface area (TPSA) is 67.6 Å². The summed E-state index contributed by atoms with van der Waals surface area (Å²) in [7, 11) is 0. The van der Waals surface area contributed by atoms with Gasteiger partial charge in [0.1, 0.15) is 6.54 Å². The molecule has 0 amide bonds. The highest BCUT2D eigenvalue weighted by molar-refractivity contribution is 7.99. The van der Waals surface area contributed by atoms with Gasteiger partial charge >= 0.3 is 0 Å². The molecular weight excluding hydrogens is 284 g/mol. The van der Waals surface area contributed by atoms with Crippen LogP contribution in [0.2, 0.25) is 0 Å². The van der Waals surface area contributed by atoms with Crippen LogP contribution in [0.4, 0.5) is 0 Å². The molecular formula is C15H18N4OS. The zero-order valence-corrected chi connectivity index (χ0v) is 12.6. The first-order valence-electron chi connectivity index (χ1n) is 6.95. The lowest BCUT2D eigenvalue weighted by Crippen LogP contribution is -2.42. The van der Waals surface area contributed by atoms with E-state index in [-0.39, 0.29) is 0 Å². The van der Waals surface area contributed by atoms with E-state index in [1.54, 1.807) is 6.20 Å². The molecule has 1 aliphatic rings. The molecule has 0 saturated carbocycles. The SMILES string of the molecule is NC(=NCc1ncc(-c2ccccc2)o1)N1CCSCC1. The molecule has 1 aromatic heterocycles. The van der Waals surface area contributed by atoms with Gasteiger partial charge in [0.2, 0.25) is 5.89 Å².